The molecule has 1 aromatic heterocycles. The predicted octanol–water partition coefficient (Wildman–Crippen LogP) is 8.38. The molecule has 18 heteroatoms. The summed E-state index contributed by atoms with van der Waals surface area (Å²) in [5.74, 6) is -35.8. The summed E-state index contributed by atoms with van der Waals surface area (Å²) < 4.78 is 190. The van der Waals surface area contributed by atoms with Gasteiger partial charge in [-0.15, -0.1) is 0 Å². The molecule has 2 rings (SSSR count). The van der Waals surface area contributed by atoms with Gasteiger partial charge in [0.2, 0.25) is 0 Å². The summed E-state index contributed by atoms with van der Waals surface area (Å²) in [6, 6.07) is 4.48. The Labute approximate surface area is 280 Å². The zero-order valence-electron chi connectivity index (χ0n) is 25.9. The molecule has 0 atom stereocenters. The van der Waals surface area contributed by atoms with Crippen molar-refractivity contribution in [1.82, 2.24) is 4.57 Å². The topological polar surface area (TPSA) is 8.81 Å². The summed E-state index contributed by atoms with van der Waals surface area (Å²) in [4.78, 5) is 0. The molecule has 0 fully saturated rings. The molecule has 0 aliphatic rings. The number of aromatic nitrogens is 2. The first-order valence-electron chi connectivity index (χ1n) is 14.9. The molecule has 0 aliphatic carbocycles. The van der Waals surface area contributed by atoms with Gasteiger partial charge in [-0.3, -0.25) is 0 Å². The second kappa shape index (κ2) is 16.8. The van der Waals surface area contributed by atoms with Crippen molar-refractivity contribution in [3.63, 3.8) is 0 Å². The quantitative estimate of drug-likeness (QED) is 0.0774. The third kappa shape index (κ3) is 9.42. The number of rotatable bonds is 19. The van der Waals surface area contributed by atoms with Crippen LogP contribution in [0.25, 0.3) is 0 Å². The van der Waals surface area contributed by atoms with E-state index in [0.717, 1.165) is 31.5 Å². The van der Waals surface area contributed by atoms with Crippen LogP contribution in [0.3, 0.4) is 0 Å². The fourth-order valence-corrected chi connectivity index (χ4v) is 5.37. The normalized spacial score (nSPS) is 13.7. The first-order valence-corrected chi connectivity index (χ1v) is 15.3. The lowest BCUT2D eigenvalue weighted by molar-refractivity contribution is -0.696. The van der Waals surface area contributed by atoms with E-state index in [-0.39, 0.29) is 37.7 Å². The van der Waals surface area contributed by atoms with Gasteiger partial charge in [-0.05, 0) is 31.4 Å². The van der Waals surface area contributed by atoms with Gasteiger partial charge in [-0.1, -0.05) is 70.0 Å². The van der Waals surface area contributed by atoms with E-state index in [1.807, 2.05) is 30.8 Å². The second-order valence-corrected chi connectivity index (χ2v) is 12.2. The second-order valence-electron chi connectivity index (χ2n) is 11.8. The van der Waals surface area contributed by atoms with Crippen molar-refractivity contribution < 1.29 is 78.4 Å². The first kappa shape index (κ1) is 44.1. The fourth-order valence-electron chi connectivity index (χ4n) is 5.14. The number of hydrogen-bond acceptors (Lipinski definition) is 0. The van der Waals surface area contributed by atoms with Crippen LogP contribution in [0.1, 0.15) is 95.4 Å². The van der Waals surface area contributed by atoms with Crippen LogP contribution in [0.4, 0.5) is 61.5 Å². The minimum absolute atomic E-state index is 0. The third-order valence-corrected chi connectivity index (χ3v) is 8.16. The lowest BCUT2D eigenvalue weighted by Crippen LogP contribution is -3.00. The predicted molar refractivity (Wildman–Crippen MR) is 146 cm³/mol. The van der Waals surface area contributed by atoms with E-state index < -0.39 is 54.4 Å². The maximum absolute atomic E-state index is 14.3. The average Bonchev–Trinajstić information content (AvgIpc) is 3.35. The highest BCUT2D eigenvalue weighted by Gasteiger charge is 2.90. The molecule has 48 heavy (non-hydrogen) atoms. The Morgan fingerprint density at radius 3 is 1.65 bits per heavy atom. The molecule has 1 heterocycles. The molecule has 0 spiro atoms. The third-order valence-electron chi connectivity index (χ3n) is 7.81. The van der Waals surface area contributed by atoms with Crippen molar-refractivity contribution in [3.05, 3.63) is 52.8 Å². The number of benzene rings is 1. The molecule has 0 N–H and O–H groups in total. The zero-order chi connectivity index (χ0) is 36.1. The van der Waals surface area contributed by atoms with Gasteiger partial charge in [-0.25, -0.2) is 13.5 Å². The summed E-state index contributed by atoms with van der Waals surface area (Å²) >= 11 is 6.17. The van der Waals surface area contributed by atoms with Gasteiger partial charge in [0.05, 0.1) is 17.5 Å². The number of alkyl halides is 13. The minimum Gasteiger partial charge on any atom is -1.00 e. The molecular formula is C30H36Cl2F14N2. The molecule has 2 aromatic rings. The summed E-state index contributed by atoms with van der Waals surface area (Å²) in [5.41, 5.74) is 0.379. The molecule has 0 saturated heterocycles. The van der Waals surface area contributed by atoms with Crippen LogP contribution in [-0.2, 0) is 13.1 Å². The van der Waals surface area contributed by atoms with Crippen LogP contribution in [0.5, 0.6) is 0 Å². The highest BCUT2D eigenvalue weighted by molar-refractivity contribution is 6.31. The maximum Gasteiger partial charge on any atom is 0.460 e. The van der Waals surface area contributed by atoms with Crippen LogP contribution < -0.4 is 17.0 Å². The van der Waals surface area contributed by atoms with E-state index in [0.29, 0.717) is 30.0 Å². The first-order chi connectivity index (χ1) is 21.4. The molecule has 0 saturated carbocycles. The van der Waals surface area contributed by atoms with E-state index >= 15 is 0 Å². The number of nitrogens with zero attached hydrogens (tertiary/aromatic N) is 2. The van der Waals surface area contributed by atoms with Crippen LogP contribution in [0, 0.1) is 5.82 Å². The summed E-state index contributed by atoms with van der Waals surface area (Å²) in [6.45, 7) is 4.95. The number of aryl methyl sites for hydroxylation is 1. The van der Waals surface area contributed by atoms with Crippen LogP contribution in [0.2, 0.25) is 5.02 Å². The Morgan fingerprint density at radius 2 is 1.17 bits per heavy atom. The number of halogens is 16. The van der Waals surface area contributed by atoms with E-state index in [9.17, 15) is 61.5 Å². The van der Waals surface area contributed by atoms with Gasteiger partial charge in [0.15, 0.2) is 0 Å². The van der Waals surface area contributed by atoms with Crippen molar-refractivity contribution in [2.75, 3.05) is 0 Å². The molecule has 1 aromatic carbocycles. The molecule has 0 unspecified atom stereocenters. The van der Waals surface area contributed by atoms with Gasteiger partial charge in [0.25, 0.3) is 5.82 Å². The monoisotopic (exact) mass is 760 g/mol. The number of unbranched alkanes of at least 4 members (excludes halogenated alkanes) is 8. The minimum atomic E-state index is -7.86. The van der Waals surface area contributed by atoms with Crippen molar-refractivity contribution in [1.29, 1.82) is 0 Å². The van der Waals surface area contributed by atoms with Gasteiger partial charge < -0.3 is 12.4 Å². The summed E-state index contributed by atoms with van der Waals surface area (Å²) in [6.07, 6.45) is -2.56. The van der Waals surface area contributed by atoms with Gasteiger partial charge in [0.1, 0.15) is 24.8 Å². The largest absolute Gasteiger partial charge is 1.00 e. The van der Waals surface area contributed by atoms with Crippen LogP contribution in [-0.4, -0.2) is 40.4 Å². The lowest BCUT2D eigenvalue weighted by Gasteiger charge is -2.39. The fraction of sp³-hybridized carbons (Fsp3) is 0.700. The van der Waals surface area contributed by atoms with E-state index in [1.54, 1.807) is 6.07 Å². The Hall–Kier alpha value is -1.97. The molecule has 0 amide bonds. The standard InChI is InChI=1S/C30H36ClF14N2.ClH/c1-20(2)24-46(17-18-47(24)19-21-22(31)13-12-14-23(21)32)16-11-9-7-5-3-4-6-8-10-15-25(33,34)26(35,36)27(37,38)28(39,40)29(41,42)30(43,44)45;/h12-14,17-18,20H,3-11,15-16,19H2,1-2H3;1H/q+1;/p-1. The van der Waals surface area contributed by atoms with E-state index in [2.05, 4.69) is 4.57 Å². The highest BCUT2D eigenvalue weighted by Crippen LogP contribution is 2.60. The highest BCUT2D eigenvalue weighted by atomic mass is 35.5. The number of imidazole rings is 1. The Balaban J connectivity index is 0.0000115. The van der Waals surface area contributed by atoms with Crippen LogP contribution in [0.15, 0.2) is 30.6 Å². The molecule has 278 valence electrons. The SMILES string of the molecule is CC(C)c1n(CCCCCCCCCCCC(F)(F)C(F)(F)C(F)(F)C(F)(F)C(F)(F)C(F)(F)F)cc[n+]1Cc1c(F)cccc1Cl.[Cl-]. The zero-order valence-corrected chi connectivity index (χ0v) is 27.4. The Kier molecular flexibility index (Phi) is 15.4. The molecule has 2 nitrogen and oxygen atoms in total. The molecular weight excluding hydrogens is 725 g/mol. The summed E-state index contributed by atoms with van der Waals surface area (Å²) in [7, 11) is 0. The maximum atomic E-state index is 14.3. The van der Waals surface area contributed by atoms with Crippen molar-refractivity contribution in [2.24, 2.45) is 0 Å². The molecule has 0 aliphatic heterocycles. The average molecular weight is 762 g/mol. The van der Waals surface area contributed by atoms with Crippen molar-refractivity contribution >= 4 is 11.6 Å². The smallest absolute Gasteiger partial charge is 0.460 e. The van der Waals surface area contributed by atoms with Gasteiger partial charge in [0, 0.05) is 12.0 Å². The number of hydrogen-bond donors (Lipinski definition) is 0. The Bertz CT molecular complexity index is 1270. The van der Waals surface area contributed by atoms with Gasteiger partial charge in [-0.2, -0.15) is 57.1 Å². The van der Waals surface area contributed by atoms with E-state index in [1.165, 1.54) is 12.1 Å². The van der Waals surface area contributed by atoms with Crippen molar-refractivity contribution in [3.8, 4) is 0 Å². The molecule has 0 bridgehead atoms. The van der Waals surface area contributed by atoms with Crippen LogP contribution >= 0.6 is 11.6 Å². The summed E-state index contributed by atoms with van der Waals surface area (Å²) in [5, 5.41) is 0.324. The van der Waals surface area contributed by atoms with E-state index in [4.69, 9.17) is 11.6 Å². The lowest BCUT2D eigenvalue weighted by atomic mass is 9.91. The Morgan fingerprint density at radius 1 is 0.688 bits per heavy atom. The van der Waals surface area contributed by atoms with Crippen molar-refractivity contribution in [2.45, 2.75) is 133 Å². The van der Waals surface area contributed by atoms with Gasteiger partial charge >= 0.3 is 35.8 Å². The molecule has 0 radical (unpaired) electrons.